The van der Waals surface area contributed by atoms with Crippen molar-refractivity contribution in [1.82, 2.24) is 9.55 Å². The molecule has 3 aromatic rings. The van der Waals surface area contributed by atoms with Gasteiger partial charge in [0.25, 0.3) is 0 Å². The first kappa shape index (κ1) is 13.8. The summed E-state index contributed by atoms with van der Waals surface area (Å²) in [6, 6.07) is 17.5. The van der Waals surface area contributed by atoms with Crippen molar-refractivity contribution in [1.29, 1.82) is 0 Å². The summed E-state index contributed by atoms with van der Waals surface area (Å²) in [5, 5.41) is 10.6. The molecule has 0 saturated heterocycles. The molecule has 4 heteroatoms. The van der Waals surface area contributed by atoms with Crippen LogP contribution in [0.2, 0.25) is 0 Å². The van der Waals surface area contributed by atoms with E-state index in [1.54, 1.807) is 7.11 Å². The number of hydrogen-bond donors (Lipinski definition) is 1. The second kappa shape index (κ2) is 6.08. The van der Waals surface area contributed by atoms with E-state index in [0.717, 1.165) is 16.6 Å². The number of hydrogen-bond acceptors (Lipinski definition) is 3. The van der Waals surface area contributed by atoms with E-state index in [-0.39, 0.29) is 0 Å². The lowest BCUT2D eigenvalue weighted by Gasteiger charge is -2.14. The lowest BCUT2D eigenvalue weighted by atomic mass is 10.1. The van der Waals surface area contributed by atoms with Gasteiger partial charge in [0.05, 0.1) is 17.6 Å². The number of para-hydroxylation sites is 2. The van der Waals surface area contributed by atoms with Gasteiger partial charge in [0.1, 0.15) is 11.9 Å². The first-order valence-corrected chi connectivity index (χ1v) is 6.98. The predicted octanol–water partition coefficient (Wildman–Crippen LogP) is 2.76. The fourth-order valence-corrected chi connectivity index (χ4v) is 2.50. The predicted molar refractivity (Wildman–Crippen MR) is 82.1 cm³/mol. The van der Waals surface area contributed by atoms with E-state index in [0.29, 0.717) is 19.0 Å². The maximum Gasteiger partial charge on any atom is 0.143 e. The maximum atomic E-state index is 10.6. The van der Waals surface area contributed by atoms with Gasteiger partial charge in [-0.05, 0) is 17.7 Å². The van der Waals surface area contributed by atoms with Gasteiger partial charge in [-0.3, -0.25) is 0 Å². The van der Waals surface area contributed by atoms with Crippen LogP contribution in [0.25, 0.3) is 11.0 Å². The number of aliphatic hydroxyl groups excluding tert-OH is 1. The van der Waals surface area contributed by atoms with Crippen LogP contribution in [-0.4, -0.2) is 28.4 Å². The van der Waals surface area contributed by atoms with Crippen molar-refractivity contribution in [2.45, 2.75) is 12.6 Å². The van der Waals surface area contributed by atoms with Crippen LogP contribution in [0.1, 0.15) is 17.5 Å². The molecule has 21 heavy (non-hydrogen) atoms. The number of ether oxygens (including phenoxy) is 1. The van der Waals surface area contributed by atoms with Crippen LogP contribution in [0.4, 0.5) is 0 Å². The lowest BCUT2D eigenvalue weighted by molar-refractivity contribution is 0.175. The molecular weight excluding hydrogens is 264 g/mol. The third kappa shape index (κ3) is 2.68. The number of benzene rings is 2. The highest BCUT2D eigenvalue weighted by Crippen LogP contribution is 2.25. The first-order valence-electron chi connectivity index (χ1n) is 6.98. The lowest BCUT2D eigenvalue weighted by Crippen LogP contribution is -2.12. The van der Waals surface area contributed by atoms with Crippen molar-refractivity contribution in [3.05, 3.63) is 66.0 Å². The molecule has 0 saturated carbocycles. The minimum Gasteiger partial charge on any atom is -0.383 e. The minimum absolute atomic E-state index is 0.578. The smallest absolute Gasteiger partial charge is 0.143 e. The highest BCUT2D eigenvalue weighted by atomic mass is 16.5. The molecule has 1 atom stereocenters. The van der Waals surface area contributed by atoms with Gasteiger partial charge in [-0.15, -0.1) is 0 Å². The Balaban J connectivity index is 2.08. The molecule has 108 valence electrons. The topological polar surface area (TPSA) is 47.3 Å². The average molecular weight is 282 g/mol. The largest absolute Gasteiger partial charge is 0.383 e. The summed E-state index contributed by atoms with van der Waals surface area (Å²) >= 11 is 0. The first-order chi connectivity index (χ1) is 10.3. The molecule has 0 aliphatic carbocycles. The van der Waals surface area contributed by atoms with E-state index >= 15 is 0 Å². The van der Waals surface area contributed by atoms with Crippen molar-refractivity contribution in [2.24, 2.45) is 0 Å². The summed E-state index contributed by atoms with van der Waals surface area (Å²) in [4.78, 5) is 4.60. The second-order valence-electron chi connectivity index (χ2n) is 4.92. The fraction of sp³-hybridized carbons (Fsp3) is 0.235. The Morgan fingerprint density at radius 3 is 2.57 bits per heavy atom. The third-order valence-corrected chi connectivity index (χ3v) is 3.56. The number of methoxy groups -OCH3 is 1. The zero-order valence-corrected chi connectivity index (χ0v) is 11.9. The summed E-state index contributed by atoms with van der Waals surface area (Å²) < 4.78 is 7.20. The zero-order valence-electron chi connectivity index (χ0n) is 11.9. The van der Waals surface area contributed by atoms with E-state index in [2.05, 4.69) is 4.98 Å². The molecule has 4 nitrogen and oxygen atoms in total. The maximum absolute atomic E-state index is 10.6. The van der Waals surface area contributed by atoms with Gasteiger partial charge in [0.2, 0.25) is 0 Å². The molecule has 0 radical (unpaired) electrons. The number of rotatable bonds is 5. The molecule has 2 aromatic carbocycles. The Morgan fingerprint density at radius 2 is 1.81 bits per heavy atom. The Labute approximate surface area is 123 Å². The molecule has 0 aliphatic rings. The van der Waals surface area contributed by atoms with Crippen LogP contribution in [0.3, 0.4) is 0 Å². The SMILES string of the molecule is COCCn1c(C(O)c2ccccc2)nc2ccccc21. The number of fused-ring (bicyclic) bond motifs is 1. The van der Waals surface area contributed by atoms with Crippen molar-refractivity contribution in [3.63, 3.8) is 0 Å². The van der Waals surface area contributed by atoms with Crippen LogP contribution in [0.5, 0.6) is 0 Å². The highest BCUT2D eigenvalue weighted by Gasteiger charge is 2.19. The third-order valence-electron chi connectivity index (χ3n) is 3.56. The van der Waals surface area contributed by atoms with Crippen LogP contribution in [-0.2, 0) is 11.3 Å². The van der Waals surface area contributed by atoms with Gasteiger partial charge in [-0.25, -0.2) is 4.98 Å². The van der Waals surface area contributed by atoms with Crippen LogP contribution in [0.15, 0.2) is 54.6 Å². The summed E-state index contributed by atoms with van der Waals surface area (Å²) in [5.74, 6) is 0.652. The summed E-state index contributed by atoms with van der Waals surface area (Å²) in [6.07, 6.45) is -0.740. The Bertz CT molecular complexity index is 722. The summed E-state index contributed by atoms with van der Waals surface area (Å²) in [5.41, 5.74) is 2.74. The molecule has 1 unspecified atom stereocenters. The van der Waals surface area contributed by atoms with E-state index in [4.69, 9.17) is 4.74 Å². The molecule has 1 N–H and O–H groups in total. The molecule has 0 spiro atoms. The fourth-order valence-electron chi connectivity index (χ4n) is 2.50. The number of aliphatic hydroxyl groups is 1. The summed E-state index contributed by atoms with van der Waals surface area (Å²) in [7, 11) is 1.67. The van der Waals surface area contributed by atoms with E-state index in [1.807, 2.05) is 59.2 Å². The Morgan fingerprint density at radius 1 is 1.10 bits per heavy atom. The van der Waals surface area contributed by atoms with Gasteiger partial charge in [0.15, 0.2) is 0 Å². The normalized spacial score (nSPS) is 12.7. The van der Waals surface area contributed by atoms with Gasteiger partial charge < -0.3 is 14.4 Å². The molecule has 1 aromatic heterocycles. The Hall–Kier alpha value is -2.17. The van der Waals surface area contributed by atoms with Gasteiger partial charge in [-0.2, -0.15) is 0 Å². The van der Waals surface area contributed by atoms with Crippen LogP contribution < -0.4 is 0 Å². The van der Waals surface area contributed by atoms with Crippen molar-refractivity contribution in [2.75, 3.05) is 13.7 Å². The van der Waals surface area contributed by atoms with E-state index in [9.17, 15) is 5.11 Å². The van der Waals surface area contributed by atoms with Crippen LogP contribution in [0, 0.1) is 0 Å². The molecule has 3 rings (SSSR count). The molecule has 1 heterocycles. The quantitative estimate of drug-likeness (QED) is 0.782. The van der Waals surface area contributed by atoms with Gasteiger partial charge in [0, 0.05) is 13.7 Å². The summed E-state index contributed by atoms with van der Waals surface area (Å²) in [6.45, 7) is 1.24. The molecule has 0 fully saturated rings. The molecular formula is C17H18N2O2. The Kier molecular flexibility index (Phi) is 3.99. The number of aromatic nitrogens is 2. The zero-order chi connectivity index (χ0) is 14.7. The molecule has 0 aliphatic heterocycles. The monoisotopic (exact) mass is 282 g/mol. The average Bonchev–Trinajstić information content (AvgIpc) is 2.91. The number of imidazole rings is 1. The highest BCUT2D eigenvalue weighted by molar-refractivity contribution is 5.76. The van der Waals surface area contributed by atoms with E-state index < -0.39 is 6.10 Å². The van der Waals surface area contributed by atoms with Crippen LogP contribution >= 0.6 is 0 Å². The van der Waals surface area contributed by atoms with Crippen molar-refractivity contribution < 1.29 is 9.84 Å². The molecule has 0 amide bonds. The van der Waals surface area contributed by atoms with Gasteiger partial charge >= 0.3 is 0 Å². The van der Waals surface area contributed by atoms with Crippen molar-refractivity contribution in [3.8, 4) is 0 Å². The van der Waals surface area contributed by atoms with Crippen molar-refractivity contribution >= 4 is 11.0 Å². The second-order valence-corrected chi connectivity index (χ2v) is 4.92. The van der Waals surface area contributed by atoms with E-state index in [1.165, 1.54) is 0 Å². The standard InChI is InChI=1S/C17H18N2O2/c1-21-12-11-19-15-10-6-5-9-14(15)18-17(19)16(20)13-7-3-2-4-8-13/h2-10,16,20H,11-12H2,1H3. The minimum atomic E-state index is -0.740. The number of nitrogens with zero attached hydrogens (tertiary/aromatic N) is 2. The van der Waals surface area contributed by atoms with Gasteiger partial charge in [-0.1, -0.05) is 42.5 Å². The molecule has 0 bridgehead atoms.